The molecule has 0 radical (unpaired) electrons. The highest BCUT2D eigenvalue weighted by Gasteiger charge is 2.18. The summed E-state index contributed by atoms with van der Waals surface area (Å²) >= 11 is 5.85. The molecule has 1 aromatic carbocycles. The van der Waals surface area contributed by atoms with Gasteiger partial charge in [-0.05, 0) is 18.6 Å². The highest BCUT2D eigenvalue weighted by atomic mass is 35.5. The Bertz CT molecular complexity index is 400. The molecule has 1 unspecified atom stereocenters. The fourth-order valence-electron chi connectivity index (χ4n) is 1.58. The molecule has 1 aromatic rings. The van der Waals surface area contributed by atoms with Gasteiger partial charge < -0.3 is 10.1 Å². The molecule has 0 aromatic heterocycles. The van der Waals surface area contributed by atoms with E-state index in [2.05, 4.69) is 11.4 Å². The number of nitriles is 1. The quantitative estimate of drug-likeness (QED) is 0.837. The van der Waals surface area contributed by atoms with Crippen molar-refractivity contribution in [3.63, 3.8) is 0 Å². The molecule has 4 heteroatoms. The number of nitrogens with one attached hydrogen (secondary N) is 1. The van der Waals surface area contributed by atoms with Gasteiger partial charge in [0.1, 0.15) is 12.4 Å². The molecule has 2 rings (SSSR count). The maximum Gasteiger partial charge on any atom is 0.143 e. The monoisotopic (exact) mass is 222 g/mol. The zero-order valence-electron chi connectivity index (χ0n) is 8.16. The van der Waals surface area contributed by atoms with Crippen molar-refractivity contribution < 1.29 is 4.74 Å². The Kier molecular flexibility index (Phi) is 2.98. The molecule has 1 heterocycles. The van der Waals surface area contributed by atoms with Crippen LogP contribution in [0.1, 0.15) is 12.8 Å². The van der Waals surface area contributed by atoms with Crippen LogP contribution in [0.2, 0.25) is 5.02 Å². The van der Waals surface area contributed by atoms with E-state index in [1.165, 1.54) is 0 Å². The van der Waals surface area contributed by atoms with Crippen molar-refractivity contribution in [3.05, 3.63) is 23.2 Å². The smallest absolute Gasteiger partial charge is 0.143 e. The number of ether oxygens (including phenoxy) is 1. The summed E-state index contributed by atoms with van der Waals surface area (Å²) in [6.07, 6.45) is 1.35. The number of halogens is 1. The molecule has 0 spiro atoms. The molecule has 0 fully saturated rings. The lowest BCUT2D eigenvalue weighted by Gasteiger charge is -2.27. The number of benzene rings is 1. The number of anilines is 1. The highest BCUT2D eigenvalue weighted by molar-refractivity contribution is 6.30. The number of hydrogen-bond donors (Lipinski definition) is 1. The first-order valence-electron chi connectivity index (χ1n) is 4.85. The van der Waals surface area contributed by atoms with Crippen LogP contribution in [0.3, 0.4) is 0 Å². The van der Waals surface area contributed by atoms with Crippen molar-refractivity contribution in [1.82, 2.24) is 0 Å². The lowest BCUT2D eigenvalue weighted by molar-refractivity contribution is 0.279. The Hall–Kier alpha value is -1.40. The molecular formula is C11H11ClN2O. The van der Waals surface area contributed by atoms with E-state index in [1.807, 2.05) is 12.1 Å². The van der Waals surface area contributed by atoms with E-state index in [0.717, 1.165) is 17.9 Å². The Morgan fingerprint density at radius 2 is 2.47 bits per heavy atom. The third kappa shape index (κ3) is 2.34. The molecule has 0 aliphatic carbocycles. The predicted molar refractivity (Wildman–Crippen MR) is 59.2 cm³/mol. The minimum atomic E-state index is 0.221. The van der Waals surface area contributed by atoms with Gasteiger partial charge in [0.05, 0.1) is 17.8 Å². The van der Waals surface area contributed by atoms with Gasteiger partial charge in [0, 0.05) is 17.5 Å². The summed E-state index contributed by atoms with van der Waals surface area (Å²) in [5.74, 6) is 0.788. The molecular weight excluding hydrogens is 212 g/mol. The van der Waals surface area contributed by atoms with Crippen LogP contribution in [0, 0.1) is 11.3 Å². The maximum atomic E-state index is 8.49. The Balaban J connectivity index is 2.07. The van der Waals surface area contributed by atoms with Crippen LogP contribution < -0.4 is 10.1 Å². The van der Waals surface area contributed by atoms with Gasteiger partial charge in [0.2, 0.25) is 0 Å². The van der Waals surface area contributed by atoms with Crippen molar-refractivity contribution in [3.8, 4) is 11.8 Å². The molecule has 1 N–H and O–H groups in total. The minimum absolute atomic E-state index is 0.221. The lowest BCUT2D eigenvalue weighted by Crippen LogP contribution is -2.31. The van der Waals surface area contributed by atoms with Gasteiger partial charge in [-0.1, -0.05) is 11.6 Å². The summed E-state index contributed by atoms with van der Waals surface area (Å²) in [5, 5.41) is 12.5. The first kappa shape index (κ1) is 10.1. The largest absolute Gasteiger partial charge is 0.489 e. The number of nitrogens with zero attached hydrogens (tertiary/aromatic N) is 1. The van der Waals surface area contributed by atoms with E-state index in [4.69, 9.17) is 21.6 Å². The zero-order chi connectivity index (χ0) is 10.7. The second-order valence-corrected chi connectivity index (χ2v) is 3.93. The molecule has 1 atom stereocenters. The van der Waals surface area contributed by atoms with Gasteiger partial charge in [-0.15, -0.1) is 0 Å². The van der Waals surface area contributed by atoms with Crippen LogP contribution >= 0.6 is 11.6 Å². The Morgan fingerprint density at radius 1 is 1.60 bits per heavy atom. The predicted octanol–water partition coefficient (Wildman–Crippen LogP) is 2.82. The SMILES string of the molecule is N#CCCC1COc2cc(Cl)ccc2N1. The van der Waals surface area contributed by atoms with Gasteiger partial charge in [-0.25, -0.2) is 0 Å². The number of rotatable bonds is 2. The molecule has 0 bridgehead atoms. The van der Waals surface area contributed by atoms with E-state index in [9.17, 15) is 0 Å². The molecule has 15 heavy (non-hydrogen) atoms. The Labute approximate surface area is 93.6 Å². The fourth-order valence-corrected chi connectivity index (χ4v) is 1.74. The Morgan fingerprint density at radius 3 is 3.27 bits per heavy atom. The van der Waals surface area contributed by atoms with Crippen LogP contribution in [0.5, 0.6) is 5.75 Å². The van der Waals surface area contributed by atoms with Crippen molar-refractivity contribution in [2.24, 2.45) is 0 Å². The minimum Gasteiger partial charge on any atom is -0.489 e. The molecule has 1 aliphatic heterocycles. The van der Waals surface area contributed by atoms with Crippen LogP contribution in [0.4, 0.5) is 5.69 Å². The maximum absolute atomic E-state index is 8.49. The zero-order valence-corrected chi connectivity index (χ0v) is 8.92. The summed E-state index contributed by atoms with van der Waals surface area (Å²) in [7, 11) is 0. The summed E-state index contributed by atoms with van der Waals surface area (Å²) in [5.41, 5.74) is 0.952. The highest BCUT2D eigenvalue weighted by Crippen LogP contribution is 2.32. The van der Waals surface area contributed by atoms with E-state index < -0.39 is 0 Å². The second kappa shape index (κ2) is 4.41. The summed E-state index contributed by atoms with van der Waals surface area (Å²) in [4.78, 5) is 0. The van der Waals surface area contributed by atoms with Crippen LogP contribution in [-0.4, -0.2) is 12.6 Å². The van der Waals surface area contributed by atoms with Crippen LogP contribution in [-0.2, 0) is 0 Å². The normalized spacial score (nSPS) is 18.3. The van der Waals surface area contributed by atoms with E-state index in [1.54, 1.807) is 6.07 Å². The average molecular weight is 223 g/mol. The van der Waals surface area contributed by atoms with E-state index in [0.29, 0.717) is 18.1 Å². The van der Waals surface area contributed by atoms with Gasteiger partial charge in [-0.3, -0.25) is 0 Å². The molecule has 3 nitrogen and oxygen atoms in total. The standard InChI is InChI=1S/C11H11ClN2O/c12-8-3-4-10-11(6-8)15-7-9(14-10)2-1-5-13/h3-4,6,9,14H,1-2,7H2. The van der Waals surface area contributed by atoms with E-state index in [-0.39, 0.29) is 6.04 Å². The van der Waals surface area contributed by atoms with Crippen molar-refractivity contribution in [2.75, 3.05) is 11.9 Å². The van der Waals surface area contributed by atoms with E-state index >= 15 is 0 Å². The average Bonchev–Trinajstić information content (AvgIpc) is 2.26. The molecule has 0 saturated carbocycles. The topological polar surface area (TPSA) is 45.0 Å². The van der Waals surface area contributed by atoms with Crippen molar-refractivity contribution in [1.29, 1.82) is 5.26 Å². The fraction of sp³-hybridized carbons (Fsp3) is 0.364. The molecule has 78 valence electrons. The summed E-state index contributed by atoms with van der Waals surface area (Å²) in [6.45, 7) is 0.592. The third-order valence-corrected chi connectivity index (χ3v) is 2.58. The van der Waals surface area contributed by atoms with Crippen LogP contribution in [0.25, 0.3) is 0 Å². The van der Waals surface area contributed by atoms with Gasteiger partial charge in [-0.2, -0.15) is 5.26 Å². The number of hydrogen-bond acceptors (Lipinski definition) is 3. The van der Waals surface area contributed by atoms with Crippen LogP contribution in [0.15, 0.2) is 18.2 Å². The lowest BCUT2D eigenvalue weighted by atomic mass is 10.1. The molecule has 1 aliphatic rings. The van der Waals surface area contributed by atoms with Crippen molar-refractivity contribution in [2.45, 2.75) is 18.9 Å². The first-order valence-corrected chi connectivity index (χ1v) is 5.23. The molecule has 0 amide bonds. The number of fused-ring (bicyclic) bond motifs is 1. The first-order chi connectivity index (χ1) is 7.29. The molecule has 0 saturated heterocycles. The third-order valence-electron chi connectivity index (χ3n) is 2.35. The van der Waals surface area contributed by atoms with Crippen molar-refractivity contribution >= 4 is 17.3 Å². The summed E-state index contributed by atoms with van der Waals surface area (Å²) in [6, 6.07) is 7.87. The summed E-state index contributed by atoms with van der Waals surface area (Å²) < 4.78 is 5.56. The van der Waals surface area contributed by atoms with Gasteiger partial charge >= 0.3 is 0 Å². The second-order valence-electron chi connectivity index (χ2n) is 3.49. The van der Waals surface area contributed by atoms with Gasteiger partial charge in [0.15, 0.2) is 0 Å². The van der Waals surface area contributed by atoms with Gasteiger partial charge in [0.25, 0.3) is 0 Å².